The molecule has 1 fully saturated rings. The van der Waals surface area contributed by atoms with Crippen molar-refractivity contribution in [1.82, 2.24) is 19.6 Å². The maximum atomic E-state index is 9.91. The van der Waals surface area contributed by atoms with Gasteiger partial charge in [0.05, 0.1) is 16.6 Å². The molecule has 6 heteroatoms. The molecule has 1 saturated heterocycles. The smallest absolute Gasteiger partial charge is 0.306 e. The van der Waals surface area contributed by atoms with E-state index < -0.39 is 0 Å². The highest BCUT2D eigenvalue weighted by Gasteiger charge is 2.38. The van der Waals surface area contributed by atoms with Gasteiger partial charge in [-0.1, -0.05) is 29.8 Å². The number of rotatable bonds is 2. The van der Waals surface area contributed by atoms with E-state index in [2.05, 4.69) is 11.5 Å². The zero-order chi connectivity index (χ0) is 16.6. The van der Waals surface area contributed by atoms with Crippen LogP contribution in [-0.2, 0) is 0 Å². The monoisotopic (exact) mass is 338 g/mol. The molecule has 4 rings (SSSR count). The van der Waals surface area contributed by atoms with Crippen LogP contribution in [0.15, 0.2) is 48.5 Å². The van der Waals surface area contributed by atoms with E-state index in [0.29, 0.717) is 18.1 Å². The van der Waals surface area contributed by atoms with Gasteiger partial charge < -0.3 is 5.32 Å². The predicted molar refractivity (Wildman–Crippen MR) is 96.1 cm³/mol. The Bertz CT molecular complexity index is 920. The van der Waals surface area contributed by atoms with Crippen LogP contribution in [0.4, 0.5) is 5.82 Å². The van der Waals surface area contributed by atoms with Gasteiger partial charge in [-0.05, 0) is 30.3 Å². The van der Waals surface area contributed by atoms with Crippen LogP contribution in [0, 0.1) is 11.5 Å². The van der Waals surface area contributed by atoms with E-state index in [-0.39, 0.29) is 4.48 Å². The molecule has 1 aliphatic heterocycles. The standard InChI is InChI=1S/C18H17ClN5/c19-14-6-7-16-17(12-14)23(15-4-2-1-3-5-15)22-18(16)24(13-20)10-8-21-9-11-24/h1-7,12,21H,8-11H2/q+1. The molecule has 3 aromatic rings. The van der Waals surface area contributed by atoms with Crippen LogP contribution in [0.5, 0.6) is 0 Å². The van der Waals surface area contributed by atoms with Crippen LogP contribution in [0.25, 0.3) is 16.6 Å². The summed E-state index contributed by atoms with van der Waals surface area (Å²) >= 11 is 6.22. The van der Waals surface area contributed by atoms with Gasteiger partial charge in [-0.25, -0.2) is 4.68 Å². The molecule has 5 nitrogen and oxygen atoms in total. The highest BCUT2D eigenvalue weighted by Crippen LogP contribution is 2.34. The van der Waals surface area contributed by atoms with Gasteiger partial charge in [0.25, 0.3) is 5.82 Å². The molecule has 120 valence electrons. The number of hydrogen-bond acceptors (Lipinski definition) is 3. The average molecular weight is 339 g/mol. The Balaban J connectivity index is 1.99. The molecular weight excluding hydrogens is 322 g/mol. The van der Waals surface area contributed by atoms with Crippen LogP contribution in [-0.4, -0.2) is 36.0 Å². The minimum atomic E-state index is 0.227. The molecule has 0 unspecified atom stereocenters. The number of nitrogens with zero attached hydrogens (tertiary/aromatic N) is 4. The Kier molecular flexibility index (Phi) is 3.73. The van der Waals surface area contributed by atoms with Gasteiger partial charge in [0, 0.05) is 18.1 Å². The minimum Gasteiger partial charge on any atom is -0.306 e. The van der Waals surface area contributed by atoms with Crippen LogP contribution in [0.2, 0.25) is 5.02 Å². The summed E-state index contributed by atoms with van der Waals surface area (Å²) in [5.74, 6) is 0.800. The Labute approximate surface area is 145 Å². The van der Waals surface area contributed by atoms with Gasteiger partial charge in [-0.15, -0.1) is 10.4 Å². The lowest BCUT2D eigenvalue weighted by Gasteiger charge is -2.31. The van der Waals surface area contributed by atoms with E-state index in [0.717, 1.165) is 35.5 Å². The number of nitriles is 1. The average Bonchev–Trinajstić information content (AvgIpc) is 3.02. The zero-order valence-electron chi connectivity index (χ0n) is 13.1. The molecule has 1 aliphatic rings. The molecule has 0 bridgehead atoms. The second-order valence-corrected chi connectivity index (χ2v) is 6.43. The summed E-state index contributed by atoms with van der Waals surface area (Å²) in [5.41, 5.74) is 1.89. The first-order valence-corrected chi connectivity index (χ1v) is 8.35. The fourth-order valence-electron chi connectivity index (χ4n) is 3.29. The summed E-state index contributed by atoms with van der Waals surface area (Å²) in [7, 11) is 0. The number of aromatic nitrogens is 2. The summed E-state index contributed by atoms with van der Waals surface area (Å²) in [6, 6.07) is 15.7. The van der Waals surface area contributed by atoms with E-state index in [9.17, 15) is 5.26 Å². The summed E-state index contributed by atoms with van der Waals surface area (Å²) in [4.78, 5) is 0. The second-order valence-electron chi connectivity index (χ2n) is 6.00. The first-order valence-electron chi connectivity index (χ1n) is 7.97. The maximum absolute atomic E-state index is 9.91. The van der Waals surface area contributed by atoms with E-state index in [4.69, 9.17) is 16.7 Å². The molecule has 0 spiro atoms. The van der Waals surface area contributed by atoms with Crippen molar-refractivity contribution >= 4 is 28.3 Å². The molecule has 0 amide bonds. The van der Waals surface area contributed by atoms with Crippen molar-refractivity contribution in [2.75, 3.05) is 26.2 Å². The number of fused-ring (bicyclic) bond motifs is 1. The maximum Gasteiger partial charge on any atom is 0.315 e. The quantitative estimate of drug-likeness (QED) is 0.577. The number of benzene rings is 2. The van der Waals surface area contributed by atoms with Crippen molar-refractivity contribution in [3.8, 4) is 11.9 Å². The number of piperazine rings is 1. The number of para-hydroxylation sites is 1. The normalized spacial score (nSPS) is 16.8. The number of hydrogen-bond donors (Lipinski definition) is 1. The molecule has 1 aromatic heterocycles. The number of nitrogens with one attached hydrogen (secondary N) is 1. The highest BCUT2D eigenvalue weighted by atomic mass is 35.5. The van der Waals surface area contributed by atoms with Gasteiger partial charge >= 0.3 is 6.19 Å². The summed E-state index contributed by atoms with van der Waals surface area (Å²) < 4.78 is 2.11. The first kappa shape index (κ1) is 15.2. The lowest BCUT2D eigenvalue weighted by molar-refractivity contribution is 0.326. The predicted octanol–water partition coefficient (Wildman–Crippen LogP) is 3.07. The third kappa shape index (κ3) is 2.36. The van der Waals surface area contributed by atoms with Crippen LogP contribution in [0.3, 0.4) is 0 Å². The molecule has 1 N–H and O–H groups in total. The SMILES string of the molecule is N#C[N+]1(c2nn(-c3ccccc3)c3cc(Cl)ccc23)CCNCC1. The number of quaternary nitrogens is 1. The van der Waals surface area contributed by atoms with Gasteiger partial charge in [-0.3, -0.25) is 0 Å². The van der Waals surface area contributed by atoms with Crippen molar-refractivity contribution in [1.29, 1.82) is 5.26 Å². The van der Waals surface area contributed by atoms with Gasteiger partial charge in [0.15, 0.2) is 0 Å². The topological polar surface area (TPSA) is 53.6 Å². The molecular formula is C18H17ClN5+. The molecule has 24 heavy (non-hydrogen) atoms. The van der Waals surface area contributed by atoms with E-state index in [1.165, 1.54) is 0 Å². The van der Waals surface area contributed by atoms with Crippen LogP contribution < -0.4 is 9.80 Å². The van der Waals surface area contributed by atoms with Crippen molar-refractivity contribution in [3.63, 3.8) is 0 Å². The third-order valence-electron chi connectivity index (χ3n) is 4.56. The lowest BCUT2D eigenvalue weighted by atomic mass is 10.2. The molecule has 0 radical (unpaired) electrons. The van der Waals surface area contributed by atoms with Crippen LogP contribution >= 0.6 is 11.6 Å². The van der Waals surface area contributed by atoms with Gasteiger partial charge in [0.1, 0.15) is 13.1 Å². The van der Waals surface area contributed by atoms with Crippen molar-refractivity contribution in [2.45, 2.75) is 0 Å². The Hall–Kier alpha value is -2.39. The highest BCUT2D eigenvalue weighted by molar-refractivity contribution is 6.31. The van der Waals surface area contributed by atoms with Gasteiger partial charge in [-0.2, -0.15) is 4.48 Å². The summed E-state index contributed by atoms with van der Waals surface area (Å²) in [6.45, 7) is 3.03. The lowest BCUT2D eigenvalue weighted by Crippen LogP contribution is -2.57. The van der Waals surface area contributed by atoms with E-state index in [1.807, 2.05) is 53.2 Å². The van der Waals surface area contributed by atoms with E-state index in [1.54, 1.807) is 0 Å². The number of halogens is 1. The molecule has 0 aliphatic carbocycles. The van der Waals surface area contributed by atoms with Crippen LogP contribution in [0.1, 0.15) is 0 Å². The Morgan fingerprint density at radius 3 is 2.58 bits per heavy atom. The van der Waals surface area contributed by atoms with Crippen molar-refractivity contribution in [3.05, 3.63) is 53.6 Å². The molecule has 0 atom stereocenters. The minimum absolute atomic E-state index is 0.227. The fraction of sp³-hybridized carbons (Fsp3) is 0.222. The fourth-order valence-corrected chi connectivity index (χ4v) is 3.46. The first-order chi connectivity index (χ1) is 11.7. The van der Waals surface area contributed by atoms with Crippen molar-refractivity contribution < 1.29 is 0 Å². The zero-order valence-corrected chi connectivity index (χ0v) is 13.9. The molecule has 2 aromatic carbocycles. The largest absolute Gasteiger partial charge is 0.315 e. The van der Waals surface area contributed by atoms with E-state index >= 15 is 0 Å². The Morgan fingerprint density at radius 2 is 1.88 bits per heavy atom. The second kappa shape index (κ2) is 5.91. The Morgan fingerprint density at radius 1 is 1.12 bits per heavy atom. The van der Waals surface area contributed by atoms with Crippen molar-refractivity contribution in [2.24, 2.45) is 0 Å². The summed E-state index contributed by atoms with van der Waals surface area (Å²) in [6.07, 6.45) is 2.49. The summed E-state index contributed by atoms with van der Waals surface area (Å²) in [5, 5.41) is 19.7. The third-order valence-corrected chi connectivity index (χ3v) is 4.80. The van der Waals surface area contributed by atoms with Gasteiger partial charge in [0.2, 0.25) is 0 Å². The molecule has 2 heterocycles. The molecule has 0 saturated carbocycles.